The third-order valence-corrected chi connectivity index (χ3v) is 4.65. The van der Waals surface area contributed by atoms with Gasteiger partial charge in [-0.15, -0.1) is 0 Å². The first-order valence-corrected chi connectivity index (χ1v) is 7.62. The smallest absolute Gasteiger partial charge is 0.236 e. The Morgan fingerprint density at radius 3 is 2.42 bits per heavy atom. The van der Waals surface area contributed by atoms with Crippen molar-refractivity contribution in [2.24, 2.45) is 5.92 Å². The summed E-state index contributed by atoms with van der Waals surface area (Å²) in [6.45, 7) is 9.17. The average Bonchev–Trinajstić information content (AvgIpc) is 2.77. The van der Waals surface area contributed by atoms with Gasteiger partial charge in [-0.1, -0.05) is 6.92 Å². The fourth-order valence-corrected chi connectivity index (χ4v) is 3.35. The van der Waals surface area contributed by atoms with E-state index in [0.717, 1.165) is 51.2 Å². The van der Waals surface area contributed by atoms with Crippen LogP contribution in [-0.4, -0.2) is 58.6 Å². The summed E-state index contributed by atoms with van der Waals surface area (Å²) in [4.78, 5) is 16.5. The van der Waals surface area contributed by atoms with Crippen molar-refractivity contribution in [3.63, 3.8) is 0 Å². The Hall–Kier alpha value is -0.610. The number of carbonyl (C=O) groups excluding carboxylic acids is 1. The highest BCUT2D eigenvalue weighted by Crippen LogP contribution is 2.26. The third kappa shape index (κ3) is 3.69. The van der Waals surface area contributed by atoms with Crippen LogP contribution in [0, 0.1) is 5.92 Å². The molecule has 2 saturated heterocycles. The van der Waals surface area contributed by atoms with Gasteiger partial charge in [0, 0.05) is 19.1 Å². The van der Waals surface area contributed by atoms with E-state index >= 15 is 0 Å². The van der Waals surface area contributed by atoms with Crippen LogP contribution in [-0.2, 0) is 4.79 Å². The van der Waals surface area contributed by atoms with E-state index in [-0.39, 0.29) is 11.9 Å². The summed E-state index contributed by atoms with van der Waals surface area (Å²) in [7, 11) is 0. The first-order chi connectivity index (χ1) is 8.88. The molecule has 2 aliphatic heterocycles. The van der Waals surface area contributed by atoms with E-state index in [1.54, 1.807) is 0 Å². The molecule has 19 heavy (non-hydrogen) atoms. The Bertz CT molecular complexity index is 317. The molecule has 1 N–H and O–H groups in total. The van der Waals surface area contributed by atoms with Crippen LogP contribution in [0.2, 0.25) is 0 Å². The van der Waals surface area contributed by atoms with Crippen LogP contribution in [0.3, 0.4) is 0 Å². The highest BCUT2D eigenvalue weighted by atomic mass is 16.3. The van der Waals surface area contributed by atoms with E-state index < -0.39 is 5.60 Å². The number of carbonyl (C=O) groups is 1. The molecule has 2 heterocycles. The van der Waals surface area contributed by atoms with Crippen molar-refractivity contribution in [3.05, 3.63) is 0 Å². The molecular weight excluding hydrogens is 240 g/mol. The minimum Gasteiger partial charge on any atom is -0.389 e. The Labute approximate surface area is 116 Å². The molecule has 2 rings (SSSR count). The zero-order valence-electron chi connectivity index (χ0n) is 12.6. The Morgan fingerprint density at radius 1 is 1.21 bits per heavy atom. The maximum atomic E-state index is 12.3. The summed E-state index contributed by atoms with van der Waals surface area (Å²) in [5.41, 5.74) is -0.715. The molecule has 1 unspecified atom stereocenters. The zero-order valence-corrected chi connectivity index (χ0v) is 12.6. The lowest BCUT2D eigenvalue weighted by Gasteiger charge is -2.36. The Balaban J connectivity index is 1.88. The van der Waals surface area contributed by atoms with Gasteiger partial charge < -0.3 is 10.0 Å². The number of nitrogens with zero attached hydrogens (tertiary/aromatic N) is 2. The van der Waals surface area contributed by atoms with Crippen LogP contribution in [0.4, 0.5) is 0 Å². The van der Waals surface area contributed by atoms with Crippen molar-refractivity contribution in [1.29, 1.82) is 0 Å². The summed E-state index contributed by atoms with van der Waals surface area (Å²) in [6, 6.07) is 0.125. The van der Waals surface area contributed by atoms with Gasteiger partial charge in [0.15, 0.2) is 0 Å². The van der Waals surface area contributed by atoms with Gasteiger partial charge >= 0.3 is 0 Å². The molecule has 0 aromatic heterocycles. The van der Waals surface area contributed by atoms with Crippen molar-refractivity contribution in [2.75, 3.05) is 26.2 Å². The van der Waals surface area contributed by atoms with Crippen molar-refractivity contribution in [1.82, 2.24) is 9.80 Å². The van der Waals surface area contributed by atoms with Crippen LogP contribution in [0.25, 0.3) is 0 Å². The van der Waals surface area contributed by atoms with Crippen LogP contribution in [0.5, 0.6) is 0 Å². The van der Waals surface area contributed by atoms with Gasteiger partial charge in [-0.05, 0) is 52.0 Å². The second-order valence-electron chi connectivity index (χ2n) is 6.85. The first kappa shape index (κ1) is 14.8. The van der Waals surface area contributed by atoms with Gasteiger partial charge in [0.25, 0.3) is 0 Å². The Kier molecular flexibility index (Phi) is 4.51. The summed E-state index contributed by atoms with van der Waals surface area (Å²) in [5.74, 6) is 0.989. The van der Waals surface area contributed by atoms with Gasteiger partial charge in [-0.25, -0.2) is 0 Å². The normalized spacial score (nSPS) is 26.9. The van der Waals surface area contributed by atoms with E-state index in [4.69, 9.17) is 0 Å². The van der Waals surface area contributed by atoms with Crippen LogP contribution in [0.1, 0.15) is 46.5 Å². The van der Waals surface area contributed by atoms with Gasteiger partial charge in [0.2, 0.25) is 5.91 Å². The van der Waals surface area contributed by atoms with Gasteiger partial charge in [-0.2, -0.15) is 0 Å². The molecule has 0 saturated carbocycles. The average molecular weight is 268 g/mol. The second-order valence-corrected chi connectivity index (χ2v) is 6.85. The Morgan fingerprint density at radius 2 is 1.84 bits per heavy atom. The predicted molar refractivity (Wildman–Crippen MR) is 75.9 cm³/mol. The lowest BCUT2D eigenvalue weighted by Crippen LogP contribution is -2.50. The molecule has 1 amide bonds. The lowest BCUT2D eigenvalue weighted by atomic mass is 9.96. The highest BCUT2D eigenvalue weighted by molar-refractivity contribution is 5.78. The molecule has 1 atom stereocenters. The molecule has 0 aliphatic carbocycles. The molecule has 110 valence electrons. The molecule has 2 aliphatic rings. The summed E-state index contributed by atoms with van der Waals surface area (Å²) in [6.07, 6.45) is 4.33. The number of likely N-dealkylation sites (tertiary alicyclic amines) is 2. The second kappa shape index (κ2) is 5.80. The van der Waals surface area contributed by atoms with Crippen molar-refractivity contribution in [2.45, 2.75) is 58.1 Å². The molecule has 0 spiro atoms. The van der Waals surface area contributed by atoms with Crippen molar-refractivity contribution in [3.8, 4) is 0 Å². The monoisotopic (exact) mass is 268 g/mol. The summed E-state index contributed by atoms with van der Waals surface area (Å²) >= 11 is 0. The highest BCUT2D eigenvalue weighted by Gasteiger charge is 2.37. The molecule has 0 aromatic carbocycles. The van der Waals surface area contributed by atoms with E-state index in [1.807, 2.05) is 18.7 Å². The van der Waals surface area contributed by atoms with E-state index in [9.17, 15) is 9.90 Å². The molecule has 0 bridgehead atoms. The van der Waals surface area contributed by atoms with E-state index in [1.165, 1.54) is 0 Å². The summed E-state index contributed by atoms with van der Waals surface area (Å²) < 4.78 is 0. The SMILES string of the molecule is CC1CCN(C(=O)CN2CCCC2C(C)(C)O)CC1. The third-order valence-electron chi connectivity index (χ3n) is 4.65. The molecule has 4 heteroatoms. The molecule has 0 aromatic rings. The lowest BCUT2D eigenvalue weighted by molar-refractivity contribution is -0.135. The van der Waals surface area contributed by atoms with Crippen molar-refractivity contribution < 1.29 is 9.90 Å². The first-order valence-electron chi connectivity index (χ1n) is 7.62. The van der Waals surface area contributed by atoms with Crippen LogP contribution < -0.4 is 0 Å². The minimum atomic E-state index is -0.715. The maximum Gasteiger partial charge on any atom is 0.236 e. The van der Waals surface area contributed by atoms with Crippen molar-refractivity contribution >= 4 is 5.91 Å². The van der Waals surface area contributed by atoms with E-state index in [0.29, 0.717) is 6.54 Å². The molecule has 4 nitrogen and oxygen atoms in total. The standard InChI is InChI=1S/C15H28N2O2/c1-12-6-9-16(10-7-12)14(18)11-17-8-4-5-13(17)15(2,3)19/h12-13,19H,4-11H2,1-3H3. The maximum absolute atomic E-state index is 12.3. The number of hydrogen-bond donors (Lipinski definition) is 1. The molecule has 0 radical (unpaired) electrons. The fraction of sp³-hybridized carbons (Fsp3) is 0.933. The quantitative estimate of drug-likeness (QED) is 0.843. The zero-order chi connectivity index (χ0) is 14.0. The van der Waals surface area contributed by atoms with E-state index in [2.05, 4.69) is 11.8 Å². The molecule has 2 fully saturated rings. The van der Waals surface area contributed by atoms with Crippen LogP contribution in [0.15, 0.2) is 0 Å². The minimum absolute atomic E-state index is 0.125. The number of piperidine rings is 1. The van der Waals surface area contributed by atoms with Crippen LogP contribution >= 0.6 is 0 Å². The van der Waals surface area contributed by atoms with Gasteiger partial charge in [-0.3, -0.25) is 9.69 Å². The number of amides is 1. The van der Waals surface area contributed by atoms with Gasteiger partial charge in [0.05, 0.1) is 12.1 Å². The largest absolute Gasteiger partial charge is 0.389 e. The summed E-state index contributed by atoms with van der Waals surface area (Å²) in [5, 5.41) is 10.2. The topological polar surface area (TPSA) is 43.8 Å². The molecular formula is C15H28N2O2. The van der Waals surface area contributed by atoms with Gasteiger partial charge in [0.1, 0.15) is 0 Å². The number of aliphatic hydroxyl groups is 1. The predicted octanol–water partition coefficient (Wildman–Crippen LogP) is 1.48. The number of rotatable bonds is 3. The number of hydrogen-bond acceptors (Lipinski definition) is 3. The fourth-order valence-electron chi connectivity index (χ4n) is 3.35.